The van der Waals surface area contributed by atoms with E-state index in [0.717, 1.165) is 30.1 Å². The molecule has 1 aliphatic heterocycles. The molecule has 16 heavy (non-hydrogen) atoms. The molecule has 2 rings (SSSR count). The number of hydrogen-bond acceptors (Lipinski definition) is 3. The van der Waals surface area contributed by atoms with E-state index in [-0.39, 0.29) is 0 Å². The first-order valence-corrected chi connectivity index (χ1v) is 5.98. The molecule has 1 aromatic rings. The van der Waals surface area contributed by atoms with Gasteiger partial charge in [-0.3, -0.25) is 0 Å². The summed E-state index contributed by atoms with van der Waals surface area (Å²) in [7, 11) is 2.10. The molecule has 2 N–H and O–H groups in total. The number of nitrogens with two attached hydrogens (primary N) is 1. The zero-order valence-corrected chi connectivity index (χ0v) is 10.1. The zero-order chi connectivity index (χ0) is 11.5. The van der Waals surface area contributed by atoms with Gasteiger partial charge in [0.1, 0.15) is 11.9 Å². The first-order chi connectivity index (χ1) is 7.70. The lowest BCUT2D eigenvalue weighted by Gasteiger charge is -2.34. The molecule has 0 radical (unpaired) electrons. The Kier molecular flexibility index (Phi) is 3.22. The number of ether oxygens (including phenoxy) is 1. The average Bonchev–Trinajstić information content (AvgIpc) is 2.27. The van der Waals surface area contributed by atoms with Crippen LogP contribution >= 0.6 is 0 Å². The Morgan fingerprint density at radius 2 is 2.31 bits per heavy atom. The van der Waals surface area contributed by atoms with Crippen molar-refractivity contribution >= 4 is 11.4 Å². The molecular weight excluding hydrogens is 200 g/mol. The summed E-state index contributed by atoms with van der Waals surface area (Å²) in [4.78, 5) is 2.23. The van der Waals surface area contributed by atoms with E-state index in [0.29, 0.717) is 6.10 Å². The molecule has 0 saturated heterocycles. The van der Waals surface area contributed by atoms with Crippen LogP contribution in [0, 0.1) is 0 Å². The molecule has 0 fully saturated rings. The second kappa shape index (κ2) is 4.64. The monoisotopic (exact) mass is 220 g/mol. The first kappa shape index (κ1) is 11.1. The van der Waals surface area contributed by atoms with Crippen LogP contribution in [-0.2, 0) is 0 Å². The molecule has 1 aliphatic rings. The van der Waals surface area contributed by atoms with E-state index in [2.05, 4.69) is 18.9 Å². The molecule has 0 bridgehead atoms. The molecule has 1 aromatic carbocycles. The van der Waals surface area contributed by atoms with Gasteiger partial charge in [0.05, 0.1) is 12.2 Å². The fraction of sp³-hybridized carbons (Fsp3) is 0.538. The summed E-state index contributed by atoms with van der Waals surface area (Å²) in [6, 6.07) is 5.85. The maximum Gasteiger partial charge on any atom is 0.143 e. The van der Waals surface area contributed by atoms with E-state index in [1.165, 1.54) is 12.8 Å². The Morgan fingerprint density at radius 1 is 1.50 bits per heavy atom. The number of unbranched alkanes of at least 4 members (excludes halogenated alkanes) is 1. The number of rotatable bonds is 3. The van der Waals surface area contributed by atoms with Gasteiger partial charge in [0, 0.05) is 12.7 Å². The van der Waals surface area contributed by atoms with Crippen molar-refractivity contribution < 1.29 is 4.74 Å². The summed E-state index contributed by atoms with van der Waals surface area (Å²) < 4.78 is 5.96. The molecule has 0 aromatic heterocycles. The van der Waals surface area contributed by atoms with Gasteiger partial charge in [-0.2, -0.15) is 0 Å². The summed E-state index contributed by atoms with van der Waals surface area (Å²) in [6.07, 6.45) is 3.90. The third-order valence-corrected chi connectivity index (χ3v) is 3.05. The van der Waals surface area contributed by atoms with Crippen molar-refractivity contribution in [2.75, 3.05) is 24.2 Å². The molecular formula is C13H20N2O. The molecule has 0 spiro atoms. The summed E-state index contributed by atoms with van der Waals surface area (Å²) in [5, 5.41) is 0. The van der Waals surface area contributed by atoms with E-state index < -0.39 is 0 Å². The molecule has 1 atom stereocenters. The minimum Gasteiger partial charge on any atom is -0.486 e. The van der Waals surface area contributed by atoms with Gasteiger partial charge in [-0.05, 0) is 31.0 Å². The summed E-state index contributed by atoms with van der Waals surface area (Å²) >= 11 is 0. The van der Waals surface area contributed by atoms with E-state index in [1.807, 2.05) is 18.2 Å². The van der Waals surface area contributed by atoms with Crippen molar-refractivity contribution in [1.82, 2.24) is 0 Å². The minimum absolute atomic E-state index is 0.320. The van der Waals surface area contributed by atoms with Crippen molar-refractivity contribution in [2.24, 2.45) is 0 Å². The molecule has 1 unspecified atom stereocenters. The van der Waals surface area contributed by atoms with Crippen LogP contribution in [0.4, 0.5) is 11.4 Å². The number of likely N-dealkylation sites (N-methyl/N-ethyl adjacent to an activating group) is 1. The Bertz CT molecular complexity index is 365. The molecule has 0 aliphatic carbocycles. The normalized spacial score (nSPS) is 19.1. The van der Waals surface area contributed by atoms with Crippen LogP contribution < -0.4 is 15.4 Å². The molecule has 0 saturated carbocycles. The number of anilines is 2. The zero-order valence-electron chi connectivity index (χ0n) is 10.1. The Balaban J connectivity index is 2.13. The largest absolute Gasteiger partial charge is 0.486 e. The van der Waals surface area contributed by atoms with Crippen LogP contribution in [0.3, 0.4) is 0 Å². The lowest BCUT2D eigenvalue weighted by Crippen LogP contribution is -2.37. The third kappa shape index (κ3) is 2.23. The van der Waals surface area contributed by atoms with Crippen molar-refractivity contribution in [1.29, 1.82) is 0 Å². The number of fused-ring (bicyclic) bond motifs is 1. The highest BCUT2D eigenvalue weighted by atomic mass is 16.5. The van der Waals surface area contributed by atoms with Crippen LogP contribution in [0.2, 0.25) is 0 Å². The molecule has 88 valence electrons. The van der Waals surface area contributed by atoms with Gasteiger partial charge in [-0.1, -0.05) is 13.3 Å². The van der Waals surface area contributed by atoms with Gasteiger partial charge in [-0.25, -0.2) is 0 Å². The van der Waals surface area contributed by atoms with Crippen LogP contribution in [0.5, 0.6) is 5.75 Å². The lowest BCUT2D eigenvalue weighted by atomic mass is 10.1. The van der Waals surface area contributed by atoms with E-state index in [1.54, 1.807) is 0 Å². The Morgan fingerprint density at radius 3 is 3.06 bits per heavy atom. The summed E-state index contributed by atoms with van der Waals surface area (Å²) in [5.74, 6) is 0.962. The number of hydrogen-bond donors (Lipinski definition) is 1. The van der Waals surface area contributed by atoms with Gasteiger partial charge in [0.2, 0.25) is 0 Å². The maximum atomic E-state index is 5.96. The van der Waals surface area contributed by atoms with Crippen LogP contribution in [-0.4, -0.2) is 19.7 Å². The fourth-order valence-electron chi connectivity index (χ4n) is 2.13. The van der Waals surface area contributed by atoms with E-state index >= 15 is 0 Å². The van der Waals surface area contributed by atoms with Crippen molar-refractivity contribution in [3.05, 3.63) is 18.2 Å². The number of nitrogens with zero attached hydrogens (tertiary/aromatic N) is 1. The minimum atomic E-state index is 0.320. The number of benzene rings is 1. The summed E-state index contributed by atoms with van der Waals surface area (Å²) in [5.41, 5.74) is 7.67. The van der Waals surface area contributed by atoms with Crippen LogP contribution in [0.1, 0.15) is 26.2 Å². The molecule has 3 heteroatoms. The van der Waals surface area contributed by atoms with Gasteiger partial charge in [0.15, 0.2) is 0 Å². The molecule has 3 nitrogen and oxygen atoms in total. The Labute approximate surface area is 97.2 Å². The molecule has 1 heterocycles. The van der Waals surface area contributed by atoms with Crippen molar-refractivity contribution in [2.45, 2.75) is 32.3 Å². The van der Waals surface area contributed by atoms with E-state index in [9.17, 15) is 0 Å². The quantitative estimate of drug-likeness (QED) is 0.796. The lowest BCUT2D eigenvalue weighted by molar-refractivity contribution is 0.183. The smallest absolute Gasteiger partial charge is 0.143 e. The maximum absolute atomic E-state index is 5.96. The van der Waals surface area contributed by atoms with Crippen LogP contribution in [0.25, 0.3) is 0 Å². The average molecular weight is 220 g/mol. The second-order valence-corrected chi connectivity index (χ2v) is 4.49. The van der Waals surface area contributed by atoms with E-state index in [4.69, 9.17) is 10.5 Å². The van der Waals surface area contributed by atoms with Crippen molar-refractivity contribution in [3.63, 3.8) is 0 Å². The van der Waals surface area contributed by atoms with Crippen LogP contribution in [0.15, 0.2) is 18.2 Å². The first-order valence-electron chi connectivity index (χ1n) is 5.98. The van der Waals surface area contributed by atoms with Gasteiger partial charge in [0.25, 0.3) is 0 Å². The SMILES string of the molecule is CCCCC1CN(C)c2cc(N)ccc2O1. The predicted octanol–water partition coefficient (Wildman–Crippen LogP) is 2.66. The van der Waals surface area contributed by atoms with Gasteiger partial charge < -0.3 is 15.4 Å². The molecule has 0 amide bonds. The second-order valence-electron chi connectivity index (χ2n) is 4.49. The third-order valence-electron chi connectivity index (χ3n) is 3.05. The Hall–Kier alpha value is -1.38. The highest BCUT2D eigenvalue weighted by Crippen LogP contribution is 2.34. The van der Waals surface area contributed by atoms with Crippen molar-refractivity contribution in [3.8, 4) is 5.75 Å². The number of nitrogen functional groups attached to an aromatic ring is 1. The topological polar surface area (TPSA) is 38.5 Å². The standard InChI is InChI=1S/C13H20N2O/c1-3-4-5-11-9-15(2)12-8-10(14)6-7-13(12)16-11/h6-8,11H,3-5,9,14H2,1-2H3. The summed E-state index contributed by atoms with van der Waals surface area (Å²) in [6.45, 7) is 3.16. The van der Waals surface area contributed by atoms with Gasteiger partial charge >= 0.3 is 0 Å². The highest BCUT2D eigenvalue weighted by Gasteiger charge is 2.22. The predicted molar refractivity (Wildman–Crippen MR) is 68.1 cm³/mol. The van der Waals surface area contributed by atoms with Gasteiger partial charge in [-0.15, -0.1) is 0 Å². The highest BCUT2D eigenvalue weighted by molar-refractivity contribution is 5.65. The fourth-order valence-corrected chi connectivity index (χ4v) is 2.13.